The molecule has 0 bridgehead atoms. The highest BCUT2D eigenvalue weighted by atomic mass is 79.9. The van der Waals surface area contributed by atoms with Gasteiger partial charge in [0.05, 0.1) is 40.2 Å². The van der Waals surface area contributed by atoms with Gasteiger partial charge in [0.15, 0.2) is 23.1 Å². The van der Waals surface area contributed by atoms with Crippen molar-refractivity contribution in [3.8, 4) is 11.5 Å². The molecule has 2 amide bonds. The van der Waals surface area contributed by atoms with E-state index in [1.807, 2.05) is 0 Å². The molecule has 0 radical (unpaired) electrons. The van der Waals surface area contributed by atoms with Crippen LogP contribution in [0.4, 0.5) is 32.0 Å². The van der Waals surface area contributed by atoms with Crippen molar-refractivity contribution >= 4 is 60.9 Å². The van der Waals surface area contributed by atoms with Crippen molar-refractivity contribution in [2.24, 2.45) is 17.8 Å². The minimum atomic E-state index is -5.22. The summed E-state index contributed by atoms with van der Waals surface area (Å²) in [6, 6.07) is 3.50. The third kappa shape index (κ3) is 5.02. The van der Waals surface area contributed by atoms with Gasteiger partial charge in [0.2, 0.25) is 11.8 Å². The standard InChI is InChI=1S/C31H19Br2F6NO6/c1-46-22-8-13(32)7-18(27(22)43)23-15-2-3-16-24(17(15)9-19-25(23)21(41)10-20(33)26(19)42)29(45)40(28(16)44)14-5-11(30(34,35)36)4-12(6-14)31(37,38)39/h2,4-8,10,16-17,23-24,43H,3,9H2,1H3. The fourth-order valence-electron chi connectivity index (χ4n) is 6.85. The maximum absolute atomic E-state index is 14.0. The molecule has 0 saturated carbocycles. The van der Waals surface area contributed by atoms with E-state index in [4.69, 9.17) is 4.74 Å². The molecule has 1 fully saturated rings. The average molecular weight is 775 g/mol. The van der Waals surface area contributed by atoms with Crippen LogP contribution >= 0.6 is 31.9 Å². The minimum Gasteiger partial charge on any atom is -0.504 e. The number of methoxy groups -OCH3 is 1. The SMILES string of the molecule is COc1cc(Br)cc(C2C3=CCC4C(=O)N(c5cc(C(F)(F)F)cc(C(F)(F)F)c5)C(=O)C4C3CC3=C2C(=O)C=C(Br)C3=O)c1O. The number of anilines is 1. The maximum atomic E-state index is 14.0. The molecule has 4 aliphatic rings. The lowest BCUT2D eigenvalue weighted by molar-refractivity contribution is -0.143. The van der Waals surface area contributed by atoms with E-state index in [1.165, 1.54) is 19.2 Å². The highest BCUT2D eigenvalue weighted by molar-refractivity contribution is 9.12. The molecule has 1 aliphatic heterocycles. The van der Waals surface area contributed by atoms with Gasteiger partial charge in [0.25, 0.3) is 0 Å². The van der Waals surface area contributed by atoms with Gasteiger partial charge >= 0.3 is 12.4 Å². The zero-order chi connectivity index (χ0) is 33.6. The predicted molar refractivity (Wildman–Crippen MR) is 156 cm³/mol. The molecular weight excluding hydrogens is 756 g/mol. The summed E-state index contributed by atoms with van der Waals surface area (Å²) in [6.45, 7) is 0. The Labute approximate surface area is 272 Å². The molecule has 46 heavy (non-hydrogen) atoms. The van der Waals surface area contributed by atoms with Crippen LogP contribution in [-0.2, 0) is 31.5 Å². The van der Waals surface area contributed by atoms with Crippen molar-refractivity contribution in [1.82, 2.24) is 0 Å². The van der Waals surface area contributed by atoms with Crippen molar-refractivity contribution in [1.29, 1.82) is 0 Å². The number of ether oxygens (including phenoxy) is 1. The smallest absolute Gasteiger partial charge is 0.416 e. The molecule has 0 aromatic heterocycles. The normalized spacial score (nSPS) is 24.8. The van der Waals surface area contributed by atoms with E-state index in [9.17, 15) is 50.6 Å². The van der Waals surface area contributed by atoms with E-state index in [1.54, 1.807) is 6.08 Å². The van der Waals surface area contributed by atoms with E-state index in [-0.39, 0.29) is 51.6 Å². The molecule has 15 heteroatoms. The molecule has 6 rings (SSSR count). The Morgan fingerprint density at radius 1 is 0.891 bits per heavy atom. The highest BCUT2D eigenvalue weighted by Crippen LogP contribution is 2.57. The Morgan fingerprint density at radius 3 is 2.11 bits per heavy atom. The molecule has 4 unspecified atom stereocenters. The van der Waals surface area contributed by atoms with Crippen LogP contribution in [0.1, 0.15) is 35.4 Å². The third-order valence-electron chi connectivity index (χ3n) is 8.76. The molecule has 7 nitrogen and oxygen atoms in total. The Kier molecular flexibility index (Phi) is 7.66. The van der Waals surface area contributed by atoms with E-state index in [0.29, 0.717) is 27.1 Å². The van der Waals surface area contributed by atoms with Crippen LogP contribution in [0.5, 0.6) is 11.5 Å². The second-order valence-electron chi connectivity index (χ2n) is 11.2. The summed E-state index contributed by atoms with van der Waals surface area (Å²) in [5.41, 5.74) is -3.70. The van der Waals surface area contributed by atoms with Crippen LogP contribution in [0, 0.1) is 17.8 Å². The van der Waals surface area contributed by atoms with Crippen molar-refractivity contribution in [2.45, 2.75) is 31.1 Å². The van der Waals surface area contributed by atoms with Crippen molar-refractivity contribution in [3.63, 3.8) is 0 Å². The largest absolute Gasteiger partial charge is 0.504 e. The van der Waals surface area contributed by atoms with Crippen LogP contribution < -0.4 is 9.64 Å². The summed E-state index contributed by atoms with van der Waals surface area (Å²) >= 11 is 6.42. The summed E-state index contributed by atoms with van der Waals surface area (Å²) < 4.78 is 87.5. The number of phenolic OH excluding ortho intramolecular Hbond substituents is 1. The first-order valence-corrected chi connectivity index (χ1v) is 15.2. The van der Waals surface area contributed by atoms with E-state index in [0.717, 1.165) is 6.08 Å². The number of hydrogen-bond donors (Lipinski definition) is 1. The number of aromatic hydroxyl groups is 1. The van der Waals surface area contributed by atoms with Gasteiger partial charge < -0.3 is 9.84 Å². The van der Waals surface area contributed by atoms with Gasteiger partial charge in [-0.15, -0.1) is 0 Å². The lowest BCUT2D eigenvalue weighted by atomic mass is 9.59. The number of imide groups is 1. The first-order chi connectivity index (χ1) is 21.4. The van der Waals surface area contributed by atoms with Gasteiger partial charge in [-0.25, -0.2) is 4.90 Å². The number of halogens is 8. The fourth-order valence-corrected chi connectivity index (χ4v) is 7.76. The third-order valence-corrected chi connectivity index (χ3v) is 9.81. The molecule has 240 valence electrons. The molecule has 1 saturated heterocycles. The van der Waals surface area contributed by atoms with Gasteiger partial charge in [-0.2, -0.15) is 26.3 Å². The number of fused-ring (bicyclic) bond motifs is 3. The molecule has 1 N–H and O–H groups in total. The lowest BCUT2D eigenvalue weighted by Gasteiger charge is -2.42. The number of benzene rings is 2. The monoisotopic (exact) mass is 773 g/mol. The van der Waals surface area contributed by atoms with Crippen molar-refractivity contribution in [3.05, 3.63) is 84.8 Å². The van der Waals surface area contributed by atoms with Crippen LogP contribution in [0.3, 0.4) is 0 Å². The molecule has 2 aromatic carbocycles. The van der Waals surface area contributed by atoms with Gasteiger partial charge in [-0.3, -0.25) is 19.2 Å². The highest BCUT2D eigenvalue weighted by Gasteiger charge is 2.57. The number of rotatable bonds is 3. The summed E-state index contributed by atoms with van der Waals surface area (Å²) in [5.74, 6) is -8.04. The topological polar surface area (TPSA) is 101 Å². The molecular formula is C31H19Br2F6NO6. The van der Waals surface area contributed by atoms with Crippen molar-refractivity contribution < 1.29 is 55.4 Å². The Morgan fingerprint density at radius 2 is 1.52 bits per heavy atom. The quantitative estimate of drug-likeness (QED) is 0.154. The average Bonchev–Trinajstić information content (AvgIpc) is 3.24. The van der Waals surface area contributed by atoms with Crippen LogP contribution in [0.2, 0.25) is 0 Å². The van der Waals surface area contributed by atoms with Gasteiger partial charge in [0.1, 0.15) is 0 Å². The van der Waals surface area contributed by atoms with Crippen LogP contribution in [0.25, 0.3) is 0 Å². The number of ketones is 2. The van der Waals surface area contributed by atoms with E-state index in [2.05, 4.69) is 31.9 Å². The van der Waals surface area contributed by atoms with E-state index < -0.39 is 76.2 Å². The summed E-state index contributed by atoms with van der Waals surface area (Å²) in [5, 5.41) is 11.2. The zero-order valence-corrected chi connectivity index (χ0v) is 26.4. The first kappa shape index (κ1) is 32.2. The summed E-state index contributed by atoms with van der Waals surface area (Å²) in [7, 11) is 1.30. The molecule has 2 aromatic rings. The number of alkyl halides is 6. The maximum Gasteiger partial charge on any atom is 0.416 e. The van der Waals surface area contributed by atoms with Crippen molar-refractivity contribution in [2.75, 3.05) is 12.0 Å². The molecule has 4 atom stereocenters. The van der Waals surface area contributed by atoms with Gasteiger partial charge in [0, 0.05) is 33.2 Å². The summed E-state index contributed by atoms with van der Waals surface area (Å²) in [4.78, 5) is 54.8. The zero-order valence-electron chi connectivity index (χ0n) is 23.2. The Bertz CT molecular complexity index is 1830. The van der Waals surface area contributed by atoms with Crippen LogP contribution in [-0.4, -0.2) is 35.6 Å². The van der Waals surface area contributed by atoms with Gasteiger partial charge in [-0.05, 0) is 65.0 Å². The fraction of sp³-hybridized carbons (Fsp3) is 0.290. The molecule has 3 aliphatic carbocycles. The lowest BCUT2D eigenvalue weighted by Crippen LogP contribution is -2.39. The molecule has 0 spiro atoms. The minimum absolute atomic E-state index is 0.00245. The second-order valence-corrected chi connectivity index (χ2v) is 13.0. The number of phenols is 1. The van der Waals surface area contributed by atoms with E-state index >= 15 is 0 Å². The number of carbonyl (C=O) groups is 4. The second kappa shape index (κ2) is 10.9. The van der Waals surface area contributed by atoms with Crippen LogP contribution in [0.15, 0.2) is 68.2 Å². The number of Topliss-reactive ketones (excluding diaryl/α,β-unsaturated/α-hetero) is 1. The summed E-state index contributed by atoms with van der Waals surface area (Å²) in [6.07, 6.45) is -8.13. The number of carbonyl (C=O) groups excluding carboxylic acids is 4. The Hall–Kier alpha value is -3.72. The predicted octanol–water partition coefficient (Wildman–Crippen LogP) is 7.17. The first-order valence-electron chi connectivity index (χ1n) is 13.6. The number of amides is 2. The Balaban J connectivity index is 1.51. The molecule has 1 heterocycles. The number of nitrogens with zero attached hydrogens (tertiary/aromatic N) is 1. The van der Waals surface area contributed by atoms with Gasteiger partial charge in [-0.1, -0.05) is 27.6 Å². The number of allylic oxidation sites excluding steroid dienone is 6. The number of hydrogen-bond acceptors (Lipinski definition) is 6.